The molecule has 0 saturated heterocycles. The van der Waals surface area contributed by atoms with Gasteiger partial charge in [0.25, 0.3) is 0 Å². The van der Waals surface area contributed by atoms with Gasteiger partial charge in [0.2, 0.25) is 0 Å². The Labute approximate surface area is 84.6 Å². The summed E-state index contributed by atoms with van der Waals surface area (Å²) in [6.45, 7) is -0.496. The molecule has 0 aromatic rings. The van der Waals surface area contributed by atoms with Crippen molar-refractivity contribution in [3.63, 3.8) is 0 Å². The molecule has 0 aliphatic heterocycles. The zero-order chi connectivity index (χ0) is 12.1. The summed E-state index contributed by atoms with van der Waals surface area (Å²) in [7, 11) is -4.48. The highest BCUT2D eigenvalue weighted by molar-refractivity contribution is 7.52. The Bertz CT molecular complexity index is 282. The summed E-state index contributed by atoms with van der Waals surface area (Å²) in [5.41, 5.74) is 0. The van der Waals surface area contributed by atoms with Gasteiger partial charge in [-0.15, -0.1) is 4.91 Å². The molecule has 0 radical (unpaired) electrons. The van der Waals surface area contributed by atoms with Gasteiger partial charge in [0.1, 0.15) is 12.5 Å². The van der Waals surface area contributed by atoms with E-state index in [-0.39, 0.29) is 5.01 Å². The molecule has 0 aliphatic rings. The maximum Gasteiger partial charge on any atom is 0.347 e. The lowest BCUT2D eigenvalue weighted by Crippen LogP contribution is -2.41. The van der Waals surface area contributed by atoms with Gasteiger partial charge in [0.05, 0.1) is 11.8 Å². The third-order valence-corrected chi connectivity index (χ3v) is 2.60. The smallest absolute Gasteiger partial charge is 0.323 e. The minimum atomic E-state index is -4.48. The van der Waals surface area contributed by atoms with Gasteiger partial charge in [-0.2, -0.15) is 5.01 Å². The van der Waals surface area contributed by atoms with Crippen LogP contribution < -0.4 is 5.32 Å². The molecule has 0 saturated carbocycles. The summed E-state index contributed by atoms with van der Waals surface area (Å²) < 4.78 is 22.4. The number of amides is 2. The van der Waals surface area contributed by atoms with Crippen molar-refractivity contribution in [2.45, 2.75) is 12.7 Å². The Morgan fingerprint density at radius 1 is 1.67 bits per heavy atom. The standard InChI is InChI=1S/C5H11FN3O5P/c1-4(15(12,13)14)7-5(10)9(8-11)3-2-6/h4H,2-3H2,1H3,(H,7,10)(H2,12,13,14). The predicted molar refractivity (Wildman–Crippen MR) is 48.5 cm³/mol. The van der Waals surface area contributed by atoms with Gasteiger partial charge < -0.3 is 15.1 Å². The number of urea groups is 1. The molecule has 0 spiro atoms. The van der Waals surface area contributed by atoms with E-state index in [1.165, 1.54) is 0 Å². The van der Waals surface area contributed by atoms with Crippen molar-refractivity contribution in [1.82, 2.24) is 10.3 Å². The number of nitrogens with one attached hydrogen (secondary N) is 1. The summed E-state index contributed by atoms with van der Waals surface area (Å²) in [5.74, 6) is -1.46. The van der Waals surface area contributed by atoms with Crippen molar-refractivity contribution in [1.29, 1.82) is 0 Å². The topological polar surface area (TPSA) is 119 Å². The first-order valence-electron chi connectivity index (χ1n) is 3.85. The molecule has 10 heteroatoms. The highest BCUT2D eigenvalue weighted by atomic mass is 31.2. The molecule has 0 aromatic carbocycles. The number of carbonyl (C=O) groups is 1. The number of halogens is 1. The van der Waals surface area contributed by atoms with Gasteiger partial charge in [0, 0.05) is 0 Å². The lowest BCUT2D eigenvalue weighted by atomic mass is 10.6. The number of carbonyl (C=O) groups excluding carboxylic acids is 1. The van der Waals surface area contributed by atoms with Crippen molar-refractivity contribution in [2.24, 2.45) is 5.29 Å². The van der Waals surface area contributed by atoms with Crippen molar-refractivity contribution in [3.05, 3.63) is 4.91 Å². The summed E-state index contributed by atoms with van der Waals surface area (Å²) in [4.78, 5) is 38.3. The summed E-state index contributed by atoms with van der Waals surface area (Å²) in [6, 6.07) is -1.15. The molecule has 0 rings (SSSR count). The summed E-state index contributed by atoms with van der Waals surface area (Å²) in [5, 5.41) is 4.21. The van der Waals surface area contributed by atoms with Crippen LogP contribution in [0.4, 0.5) is 9.18 Å². The Morgan fingerprint density at radius 3 is 2.53 bits per heavy atom. The third kappa shape index (κ3) is 4.82. The minimum absolute atomic E-state index is 0.201. The van der Waals surface area contributed by atoms with Crippen LogP contribution in [-0.4, -0.2) is 39.8 Å². The molecule has 0 fully saturated rings. The molecular formula is C5H11FN3O5P. The first-order chi connectivity index (χ1) is 6.82. The number of nitroso groups, excluding NO2 is 1. The van der Waals surface area contributed by atoms with Gasteiger partial charge in [-0.25, -0.2) is 9.18 Å². The van der Waals surface area contributed by atoms with E-state index in [1.54, 1.807) is 0 Å². The fourth-order valence-corrected chi connectivity index (χ4v) is 0.875. The van der Waals surface area contributed by atoms with Gasteiger partial charge in [-0.1, -0.05) is 0 Å². The lowest BCUT2D eigenvalue weighted by Gasteiger charge is -2.18. The zero-order valence-corrected chi connectivity index (χ0v) is 8.72. The van der Waals surface area contributed by atoms with Crippen LogP contribution in [0, 0.1) is 4.91 Å². The fraction of sp³-hybridized carbons (Fsp3) is 0.800. The number of hydrogen-bond acceptors (Lipinski definition) is 4. The average molecular weight is 243 g/mol. The van der Waals surface area contributed by atoms with E-state index in [0.29, 0.717) is 0 Å². The van der Waals surface area contributed by atoms with Crippen molar-refractivity contribution < 1.29 is 23.5 Å². The highest BCUT2D eigenvalue weighted by Gasteiger charge is 2.27. The average Bonchev–Trinajstić information content (AvgIpc) is 2.12. The first kappa shape index (κ1) is 13.9. The van der Waals surface area contributed by atoms with E-state index >= 15 is 0 Å². The second kappa shape index (κ2) is 5.74. The second-order valence-electron chi connectivity index (χ2n) is 2.61. The molecule has 15 heavy (non-hydrogen) atoms. The van der Waals surface area contributed by atoms with Crippen molar-refractivity contribution in [3.8, 4) is 0 Å². The quantitative estimate of drug-likeness (QED) is 0.361. The van der Waals surface area contributed by atoms with Crippen LogP contribution in [0.2, 0.25) is 0 Å². The number of hydrogen-bond donors (Lipinski definition) is 3. The third-order valence-electron chi connectivity index (χ3n) is 1.47. The molecule has 1 unspecified atom stereocenters. The molecule has 1 atom stereocenters. The zero-order valence-electron chi connectivity index (χ0n) is 7.83. The van der Waals surface area contributed by atoms with E-state index < -0.39 is 32.6 Å². The number of nitrogens with zero attached hydrogens (tertiary/aromatic N) is 2. The maximum atomic E-state index is 11.8. The summed E-state index contributed by atoms with van der Waals surface area (Å²) in [6.07, 6.45) is 0. The molecule has 3 N–H and O–H groups in total. The highest BCUT2D eigenvalue weighted by Crippen LogP contribution is 2.39. The van der Waals surface area contributed by atoms with Crippen LogP contribution in [-0.2, 0) is 4.57 Å². The second-order valence-corrected chi connectivity index (χ2v) is 4.56. The van der Waals surface area contributed by atoms with Gasteiger partial charge in [-0.3, -0.25) is 4.57 Å². The van der Waals surface area contributed by atoms with E-state index in [1.807, 2.05) is 5.32 Å². The van der Waals surface area contributed by atoms with E-state index in [4.69, 9.17) is 9.79 Å². The SMILES string of the molecule is CC(NC(=O)N(CCF)N=O)P(=O)(O)O. The molecule has 88 valence electrons. The molecular weight excluding hydrogens is 232 g/mol. The molecule has 0 heterocycles. The molecule has 0 bridgehead atoms. The largest absolute Gasteiger partial charge is 0.347 e. The Kier molecular flexibility index (Phi) is 5.34. The predicted octanol–water partition coefficient (Wildman–Crippen LogP) is 0.173. The van der Waals surface area contributed by atoms with Crippen molar-refractivity contribution >= 4 is 13.6 Å². The van der Waals surface area contributed by atoms with E-state index in [0.717, 1.165) is 6.92 Å². The van der Waals surface area contributed by atoms with Crippen LogP contribution in [0.15, 0.2) is 5.29 Å². The van der Waals surface area contributed by atoms with Crippen LogP contribution >= 0.6 is 7.60 Å². The van der Waals surface area contributed by atoms with E-state index in [2.05, 4.69) is 5.29 Å². The number of rotatable bonds is 5. The fourth-order valence-electron chi connectivity index (χ4n) is 0.597. The molecule has 0 aliphatic carbocycles. The first-order valence-corrected chi connectivity index (χ1v) is 5.53. The van der Waals surface area contributed by atoms with E-state index in [9.17, 15) is 18.7 Å². The Hall–Kier alpha value is -1.05. The minimum Gasteiger partial charge on any atom is -0.323 e. The van der Waals surface area contributed by atoms with Crippen LogP contribution in [0.25, 0.3) is 0 Å². The van der Waals surface area contributed by atoms with Gasteiger partial charge in [-0.05, 0) is 6.92 Å². The van der Waals surface area contributed by atoms with Crippen molar-refractivity contribution in [2.75, 3.05) is 13.2 Å². The number of alkyl halides is 1. The molecule has 8 nitrogen and oxygen atoms in total. The lowest BCUT2D eigenvalue weighted by molar-refractivity contribution is 0.192. The Balaban J connectivity index is 4.34. The van der Waals surface area contributed by atoms with Crippen LogP contribution in [0.5, 0.6) is 0 Å². The Morgan fingerprint density at radius 2 is 2.20 bits per heavy atom. The normalized spacial score (nSPS) is 13.1. The van der Waals surface area contributed by atoms with Crippen LogP contribution in [0.3, 0.4) is 0 Å². The monoisotopic (exact) mass is 243 g/mol. The van der Waals surface area contributed by atoms with Gasteiger partial charge in [0.15, 0.2) is 0 Å². The summed E-state index contributed by atoms with van der Waals surface area (Å²) >= 11 is 0. The molecule has 2 amide bonds. The maximum absolute atomic E-state index is 11.8. The van der Waals surface area contributed by atoms with Crippen LogP contribution in [0.1, 0.15) is 6.92 Å². The molecule has 0 aromatic heterocycles. The van der Waals surface area contributed by atoms with Gasteiger partial charge >= 0.3 is 13.6 Å².